The van der Waals surface area contributed by atoms with Crippen LogP contribution in [0, 0.1) is 0 Å². The molecule has 0 atom stereocenters. The number of anilines is 1. The van der Waals surface area contributed by atoms with E-state index < -0.39 is 0 Å². The first-order valence-electron chi connectivity index (χ1n) is 7.59. The van der Waals surface area contributed by atoms with Crippen molar-refractivity contribution in [1.82, 2.24) is 9.97 Å². The Balaban J connectivity index is 1.90. The summed E-state index contributed by atoms with van der Waals surface area (Å²) in [5, 5.41) is 1.85. The Morgan fingerprint density at radius 2 is 1.59 bits per heavy atom. The second-order valence-electron chi connectivity index (χ2n) is 5.59. The van der Waals surface area contributed by atoms with E-state index >= 15 is 0 Å². The van der Waals surface area contributed by atoms with E-state index in [1.54, 1.807) is 0 Å². The number of benzene rings is 2. The van der Waals surface area contributed by atoms with E-state index in [9.17, 15) is 0 Å². The minimum atomic E-state index is 0.726. The van der Waals surface area contributed by atoms with Crippen molar-refractivity contribution in [3.05, 3.63) is 53.6 Å². The lowest BCUT2D eigenvalue weighted by Gasteiger charge is -2.19. The average molecular weight is 310 g/mol. The van der Waals surface area contributed by atoms with Crippen LogP contribution in [0.5, 0.6) is 0 Å². The van der Waals surface area contributed by atoms with Crippen molar-refractivity contribution in [1.29, 1.82) is 0 Å². The molecular formula is C18H16ClN3. The Bertz CT molecular complexity index is 808. The van der Waals surface area contributed by atoms with Gasteiger partial charge in [-0.15, -0.1) is 0 Å². The van der Waals surface area contributed by atoms with Crippen LogP contribution >= 0.6 is 11.6 Å². The summed E-state index contributed by atoms with van der Waals surface area (Å²) in [5.74, 6) is 1.81. The van der Waals surface area contributed by atoms with Crippen LogP contribution in [-0.2, 0) is 0 Å². The molecule has 0 bridgehead atoms. The first-order valence-corrected chi connectivity index (χ1v) is 7.97. The van der Waals surface area contributed by atoms with E-state index in [0.29, 0.717) is 0 Å². The number of rotatable bonds is 2. The molecule has 0 unspecified atom stereocenters. The summed E-state index contributed by atoms with van der Waals surface area (Å²) in [6.45, 7) is 2.14. The predicted octanol–water partition coefficient (Wildman–Crippen LogP) is 4.55. The van der Waals surface area contributed by atoms with Crippen LogP contribution < -0.4 is 4.90 Å². The molecule has 110 valence electrons. The molecule has 0 aliphatic carbocycles. The van der Waals surface area contributed by atoms with Gasteiger partial charge in [-0.1, -0.05) is 23.7 Å². The number of nitrogens with zero attached hydrogens (tertiary/aromatic N) is 3. The molecule has 0 amide bonds. The molecule has 1 aliphatic heterocycles. The van der Waals surface area contributed by atoms with Gasteiger partial charge in [-0.05, 0) is 49.2 Å². The molecule has 2 heterocycles. The maximum absolute atomic E-state index is 5.98. The van der Waals surface area contributed by atoms with Crippen LogP contribution in [0.1, 0.15) is 12.8 Å². The smallest absolute Gasteiger partial charge is 0.162 e. The van der Waals surface area contributed by atoms with Crippen LogP contribution in [0.25, 0.3) is 22.3 Å². The fourth-order valence-corrected chi connectivity index (χ4v) is 3.08. The van der Waals surface area contributed by atoms with Gasteiger partial charge in [0.2, 0.25) is 0 Å². The van der Waals surface area contributed by atoms with Gasteiger partial charge < -0.3 is 4.90 Å². The first-order chi connectivity index (χ1) is 10.8. The van der Waals surface area contributed by atoms with E-state index in [4.69, 9.17) is 21.6 Å². The Morgan fingerprint density at radius 1 is 0.864 bits per heavy atom. The fraction of sp³-hybridized carbons (Fsp3) is 0.222. The highest BCUT2D eigenvalue weighted by Gasteiger charge is 2.18. The largest absolute Gasteiger partial charge is 0.356 e. The second-order valence-corrected chi connectivity index (χ2v) is 6.03. The van der Waals surface area contributed by atoms with Crippen LogP contribution in [-0.4, -0.2) is 23.1 Å². The van der Waals surface area contributed by atoms with E-state index in [2.05, 4.69) is 17.0 Å². The third-order valence-electron chi connectivity index (χ3n) is 4.09. The monoisotopic (exact) mass is 309 g/mol. The molecule has 1 fully saturated rings. The molecule has 22 heavy (non-hydrogen) atoms. The summed E-state index contributed by atoms with van der Waals surface area (Å²) in [6, 6.07) is 15.9. The molecule has 1 aromatic heterocycles. The van der Waals surface area contributed by atoms with Crippen molar-refractivity contribution >= 4 is 28.3 Å². The van der Waals surface area contributed by atoms with Gasteiger partial charge in [0.05, 0.1) is 5.52 Å². The van der Waals surface area contributed by atoms with Gasteiger partial charge in [0.25, 0.3) is 0 Å². The zero-order chi connectivity index (χ0) is 14.9. The zero-order valence-corrected chi connectivity index (χ0v) is 12.9. The molecule has 4 rings (SSSR count). The van der Waals surface area contributed by atoms with Crippen molar-refractivity contribution in [2.75, 3.05) is 18.0 Å². The number of hydrogen-bond acceptors (Lipinski definition) is 3. The summed E-state index contributed by atoms with van der Waals surface area (Å²) in [4.78, 5) is 11.9. The van der Waals surface area contributed by atoms with Crippen molar-refractivity contribution < 1.29 is 0 Å². The number of aromatic nitrogens is 2. The highest BCUT2D eigenvalue weighted by atomic mass is 35.5. The number of para-hydroxylation sites is 1. The third-order valence-corrected chi connectivity index (χ3v) is 4.34. The van der Waals surface area contributed by atoms with E-state index in [-0.39, 0.29) is 0 Å². The molecule has 0 spiro atoms. The molecule has 0 N–H and O–H groups in total. The third kappa shape index (κ3) is 2.42. The van der Waals surface area contributed by atoms with Gasteiger partial charge >= 0.3 is 0 Å². The average Bonchev–Trinajstić information content (AvgIpc) is 3.09. The molecule has 2 aromatic carbocycles. The van der Waals surface area contributed by atoms with Crippen molar-refractivity contribution in [3.8, 4) is 11.4 Å². The normalized spacial score (nSPS) is 14.7. The Kier molecular flexibility index (Phi) is 3.43. The molecule has 3 nitrogen and oxygen atoms in total. The van der Waals surface area contributed by atoms with Crippen molar-refractivity contribution in [2.45, 2.75) is 12.8 Å². The molecule has 1 aliphatic rings. The summed E-state index contributed by atoms with van der Waals surface area (Å²) in [6.07, 6.45) is 2.46. The van der Waals surface area contributed by atoms with Crippen molar-refractivity contribution in [2.24, 2.45) is 0 Å². The van der Waals surface area contributed by atoms with Gasteiger partial charge in [-0.2, -0.15) is 0 Å². The summed E-state index contributed by atoms with van der Waals surface area (Å²) >= 11 is 5.98. The van der Waals surface area contributed by atoms with E-state index in [1.807, 2.05) is 36.4 Å². The lowest BCUT2D eigenvalue weighted by Crippen LogP contribution is -2.19. The fourth-order valence-electron chi connectivity index (χ4n) is 2.96. The van der Waals surface area contributed by atoms with Gasteiger partial charge in [0.15, 0.2) is 5.82 Å². The lowest BCUT2D eigenvalue weighted by molar-refractivity contribution is 0.941. The topological polar surface area (TPSA) is 29.0 Å². The molecule has 1 saturated heterocycles. The molecular weight excluding hydrogens is 294 g/mol. The number of hydrogen-bond donors (Lipinski definition) is 0. The van der Waals surface area contributed by atoms with Crippen LogP contribution in [0.4, 0.5) is 5.82 Å². The summed E-state index contributed by atoms with van der Waals surface area (Å²) < 4.78 is 0. The SMILES string of the molecule is Clc1ccc(-c2nc(N3CCCC3)c3ccccc3n2)cc1. The minimum absolute atomic E-state index is 0.726. The van der Waals surface area contributed by atoms with Crippen molar-refractivity contribution in [3.63, 3.8) is 0 Å². The molecule has 4 heteroatoms. The van der Waals surface area contributed by atoms with Crippen LogP contribution in [0.3, 0.4) is 0 Å². The Labute approximate surface area is 134 Å². The zero-order valence-electron chi connectivity index (χ0n) is 12.2. The summed E-state index contributed by atoms with van der Waals surface area (Å²) in [7, 11) is 0. The maximum atomic E-state index is 5.98. The second kappa shape index (κ2) is 5.58. The number of fused-ring (bicyclic) bond motifs is 1. The van der Waals surface area contributed by atoms with Gasteiger partial charge in [-0.3, -0.25) is 0 Å². The van der Waals surface area contributed by atoms with E-state index in [0.717, 1.165) is 46.2 Å². The van der Waals surface area contributed by atoms with Crippen LogP contribution in [0.15, 0.2) is 48.5 Å². The van der Waals surface area contributed by atoms with Gasteiger partial charge in [0.1, 0.15) is 5.82 Å². The van der Waals surface area contributed by atoms with Crippen LogP contribution in [0.2, 0.25) is 5.02 Å². The van der Waals surface area contributed by atoms with E-state index in [1.165, 1.54) is 12.8 Å². The molecule has 0 saturated carbocycles. The maximum Gasteiger partial charge on any atom is 0.162 e. The highest BCUT2D eigenvalue weighted by Crippen LogP contribution is 2.29. The summed E-state index contributed by atoms with van der Waals surface area (Å²) in [5.41, 5.74) is 1.99. The minimum Gasteiger partial charge on any atom is -0.356 e. The highest BCUT2D eigenvalue weighted by molar-refractivity contribution is 6.30. The quantitative estimate of drug-likeness (QED) is 0.695. The predicted molar refractivity (Wildman–Crippen MR) is 91.4 cm³/mol. The standard InChI is InChI=1S/C18H16ClN3/c19-14-9-7-13(8-10-14)17-20-16-6-2-1-5-15(16)18(21-17)22-11-3-4-12-22/h1-2,5-10H,3-4,11-12H2. The Hall–Kier alpha value is -2.13. The number of halogens is 1. The molecule has 3 aromatic rings. The van der Waals surface area contributed by atoms with Gasteiger partial charge in [0, 0.05) is 29.1 Å². The first kappa shape index (κ1) is 13.5. The molecule has 0 radical (unpaired) electrons. The Morgan fingerprint density at radius 3 is 2.36 bits per heavy atom. The lowest BCUT2D eigenvalue weighted by atomic mass is 10.1. The van der Waals surface area contributed by atoms with Gasteiger partial charge in [-0.25, -0.2) is 9.97 Å².